The van der Waals surface area contributed by atoms with E-state index in [-0.39, 0.29) is 0 Å². The number of carbonyl (C=O) groups excluding carboxylic acids is 1. The molecule has 1 heteroatoms. The van der Waals surface area contributed by atoms with Gasteiger partial charge in [0, 0.05) is 5.57 Å². The summed E-state index contributed by atoms with van der Waals surface area (Å²) in [7, 11) is 0. The molecule has 0 amide bonds. The van der Waals surface area contributed by atoms with E-state index in [0.717, 1.165) is 28.5 Å². The third kappa shape index (κ3) is 2.19. The Morgan fingerprint density at radius 2 is 1.69 bits per heavy atom. The van der Waals surface area contributed by atoms with E-state index in [1.165, 1.54) is 0 Å². The third-order valence-corrected chi connectivity index (χ3v) is 2.61. The molecule has 0 saturated carbocycles. The fourth-order valence-electron chi connectivity index (χ4n) is 1.83. The van der Waals surface area contributed by atoms with E-state index in [1.807, 2.05) is 32.0 Å². The van der Waals surface area contributed by atoms with Crippen molar-refractivity contribution in [3.63, 3.8) is 0 Å². The van der Waals surface area contributed by atoms with E-state index in [1.54, 1.807) is 12.2 Å². The summed E-state index contributed by atoms with van der Waals surface area (Å²) < 4.78 is 0. The Balaban J connectivity index is 3.57. The summed E-state index contributed by atoms with van der Waals surface area (Å²) >= 11 is 0. The summed E-state index contributed by atoms with van der Waals surface area (Å²) in [6.45, 7) is 11.5. The van der Waals surface area contributed by atoms with Gasteiger partial charge in [-0.15, -0.1) is 0 Å². The normalized spacial score (nSPS) is 11.6. The van der Waals surface area contributed by atoms with Gasteiger partial charge in [-0.05, 0) is 36.1 Å². The molecule has 1 aromatic carbocycles. The summed E-state index contributed by atoms with van der Waals surface area (Å²) in [4.78, 5) is 11.0. The Kier molecular flexibility index (Phi) is 4.01. The molecule has 0 radical (unpaired) electrons. The molecule has 1 aromatic rings. The van der Waals surface area contributed by atoms with Gasteiger partial charge in [0.2, 0.25) is 0 Å². The van der Waals surface area contributed by atoms with E-state index < -0.39 is 0 Å². The highest BCUT2D eigenvalue weighted by atomic mass is 16.1. The standard InChI is InChI=1S/C15H16O/c1-5-13(10-16)14(6-2)15-11(3)8-7-9-12(15)4/h5-10H,1-2H2,3-4H3/b14-13-. The Hall–Kier alpha value is -1.89. The average molecular weight is 212 g/mol. The largest absolute Gasteiger partial charge is 0.298 e. The highest BCUT2D eigenvalue weighted by Crippen LogP contribution is 2.26. The summed E-state index contributed by atoms with van der Waals surface area (Å²) in [6.07, 6.45) is 4.09. The van der Waals surface area contributed by atoms with Crippen LogP contribution >= 0.6 is 0 Å². The first-order valence-electron chi connectivity index (χ1n) is 5.16. The second kappa shape index (κ2) is 5.26. The lowest BCUT2D eigenvalue weighted by molar-refractivity contribution is -0.104. The quantitative estimate of drug-likeness (QED) is 0.423. The maximum absolute atomic E-state index is 11.0. The number of aldehydes is 1. The highest BCUT2D eigenvalue weighted by molar-refractivity contribution is 5.95. The van der Waals surface area contributed by atoms with E-state index >= 15 is 0 Å². The molecule has 0 aliphatic rings. The van der Waals surface area contributed by atoms with Crippen LogP contribution in [-0.4, -0.2) is 6.29 Å². The van der Waals surface area contributed by atoms with Gasteiger partial charge in [0.05, 0.1) is 0 Å². The summed E-state index contributed by atoms with van der Waals surface area (Å²) in [6, 6.07) is 6.05. The lowest BCUT2D eigenvalue weighted by Gasteiger charge is -2.12. The third-order valence-electron chi connectivity index (χ3n) is 2.61. The van der Waals surface area contributed by atoms with Gasteiger partial charge in [0.25, 0.3) is 0 Å². The molecule has 1 rings (SSSR count). The molecular formula is C15H16O. The first-order valence-corrected chi connectivity index (χ1v) is 5.16. The van der Waals surface area contributed by atoms with Crippen LogP contribution in [0.4, 0.5) is 0 Å². The molecule has 0 aromatic heterocycles. The topological polar surface area (TPSA) is 17.1 Å². The Labute approximate surface area is 96.8 Å². The van der Waals surface area contributed by atoms with Gasteiger partial charge in [-0.2, -0.15) is 0 Å². The van der Waals surface area contributed by atoms with Crippen LogP contribution in [0.15, 0.2) is 49.1 Å². The van der Waals surface area contributed by atoms with Gasteiger partial charge in [-0.3, -0.25) is 4.79 Å². The highest BCUT2D eigenvalue weighted by Gasteiger charge is 2.08. The van der Waals surface area contributed by atoms with Crippen LogP contribution < -0.4 is 0 Å². The molecule has 0 atom stereocenters. The summed E-state index contributed by atoms with van der Waals surface area (Å²) in [5, 5.41) is 0. The zero-order valence-corrected chi connectivity index (χ0v) is 9.79. The van der Waals surface area contributed by atoms with E-state index in [9.17, 15) is 4.79 Å². The first-order chi connectivity index (χ1) is 7.65. The van der Waals surface area contributed by atoms with E-state index in [2.05, 4.69) is 13.2 Å². The molecule has 0 bridgehead atoms. The molecule has 0 fully saturated rings. The van der Waals surface area contributed by atoms with Crippen LogP contribution in [0.5, 0.6) is 0 Å². The van der Waals surface area contributed by atoms with Gasteiger partial charge in [0.1, 0.15) is 0 Å². The number of allylic oxidation sites excluding steroid dienone is 4. The van der Waals surface area contributed by atoms with Crippen LogP contribution in [0, 0.1) is 13.8 Å². The fraction of sp³-hybridized carbons (Fsp3) is 0.133. The van der Waals surface area contributed by atoms with Gasteiger partial charge < -0.3 is 0 Å². The number of rotatable bonds is 4. The second-order valence-corrected chi connectivity index (χ2v) is 3.66. The van der Waals surface area contributed by atoms with Crippen molar-refractivity contribution in [3.8, 4) is 0 Å². The van der Waals surface area contributed by atoms with Crippen LogP contribution in [-0.2, 0) is 4.79 Å². The van der Waals surface area contributed by atoms with Crippen molar-refractivity contribution < 1.29 is 4.79 Å². The van der Waals surface area contributed by atoms with Crippen LogP contribution in [0.25, 0.3) is 5.57 Å². The van der Waals surface area contributed by atoms with Crippen LogP contribution in [0.1, 0.15) is 16.7 Å². The van der Waals surface area contributed by atoms with Crippen molar-refractivity contribution in [3.05, 3.63) is 65.8 Å². The molecule has 16 heavy (non-hydrogen) atoms. The van der Waals surface area contributed by atoms with Crippen molar-refractivity contribution in [2.45, 2.75) is 13.8 Å². The summed E-state index contributed by atoms with van der Waals surface area (Å²) in [5.41, 5.74) is 4.76. The minimum atomic E-state index is 0.576. The number of hydrogen-bond donors (Lipinski definition) is 0. The molecule has 82 valence electrons. The molecular weight excluding hydrogens is 196 g/mol. The Morgan fingerprint density at radius 1 is 1.12 bits per heavy atom. The number of hydrogen-bond acceptors (Lipinski definition) is 1. The molecule has 1 nitrogen and oxygen atoms in total. The van der Waals surface area contributed by atoms with Gasteiger partial charge in [-0.25, -0.2) is 0 Å². The monoisotopic (exact) mass is 212 g/mol. The van der Waals surface area contributed by atoms with Crippen molar-refractivity contribution >= 4 is 11.9 Å². The zero-order chi connectivity index (χ0) is 12.1. The molecule has 0 aliphatic carbocycles. The SMILES string of the molecule is C=C/C(C=O)=C(\C=C)c1c(C)cccc1C. The van der Waals surface area contributed by atoms with Gasteiger partial charge >= 0.3 is 0 Å². The van der Waals surface area contributed by atoms with Crippen molar-refractivity contribution in [2.75, 3.05) is 0 Å². The number of carbonyl (C=O) groups is 1. The molecule has 0 N–H and O–H groups in total. The van der Waals surface area contributed by atoms with Crippen LogP contribution in [0.2, 0.25) is 0 Å². The average Bonchev–Trinajstić information content (AvgIpc) is 2.28. The zero-order valence-electron chi connectivity index (χ0n) is 9.79. The number of benzene rings is 1. The minimum Gasteiger partial charge on any atom is -0.298 e. The summed E-state index contributed by atoms with van der Waals surface area (Å²) in [5.74, 6) is 0. The first kappa shape index (κ1) is 12.2. The molecule has 0 aliphatic heterocycles. The molecule has 0 spiro atoms. The minimum absolute atomic E-state index is 0.576. The van der Waals surface area contributed by atoms with Crippen molar-refractivity contribution in [1.82, 2.24) is 0 Å². The maximum atomic E-state index is 11.0. The predicted molar refractivity (Wildman–Crippen MR) is 69.3 cm³/mol. The molecule has 0 saturated heterocycles. The Bertz CT molecular complexity index is 434. The molecule has 0 heterocycles. The van der Waals surface area contributed by atoms with E-state index in [4.69, 9.17) is 0 Å². The second-order valence-electron chi connectivity index (χ2n) is 3.66. The van der Waals surface area contributed by atoms with Crippen LogP contribution in [0.3, 0.4) is 0 Å². The number of aryl methyl sites for hydroxylation is 2. The van der Waals surface area contributed by atoms with Gasteiger partial charge in [0.15, 0.2) is 6.29 Å². The van der Waals surface area contributed by atoms with E-state index in [0.29, 0.717) is 5.57 Å². The smallest absolute Gasteiger partial charge is 0.150 e. The lowest BCUT2D eigenvalue weighted by Crippen LogP contribution is -1.95. The predicted octanol–water partition coefficient (Wildman–Crippen LogP) is 3.63. The van der Waals surface area contributed by atoms with Crippen molar-refractivity contribution in [1.29, 1.82) is 0 Å². The lowest BCUT2D eigenvalue weighted by atomic mass is 9.92. The fourth-order valence-corrected chi connectivity index (χ4v) is 1.83. The Morgan fingerprint density at radius 3 is 2.06 bits per heavy atom. The van der Waals surface area contributed by atoms with Gasteiger partial charge in [-0.1, -0.05) is 43.5 Å². The van der Waals surface area contributed by atoms with Crippen molar-refractivity contribution in [2.24, 2.45) is 0 Å². The molecule has 0 unspecified atom stereocenters. The maximum Gasteiger partial charge on any atom is 0.150 e.